The van der Waals surface area contributed by atoms with Crippen molar-refractivity contribution >= 4 is 45.2 Å². The fraction of sp³-hybridized carbons (Fsp3) is 0.314. The highest BCUT2D eigenvalue weighted by Gasteiger charge is 2.37. The molecule has 0 fully saturated rings. The minimum Gasteiger partial charge on any atom is -0.305 e. The van der Waals surface area contributed by atoms with E-state index >= 15 is 0 Å². The number of likely N-dealkylation sites (N-methyl/N-ethyl adjacent to an activating group) is 2. The molecule has 4 amide bonds. The molecule has 0 aliphatic carbocycles. The Morgan fingerprint density at radius 3 is 1.44 bits per heavy atom. The second-order valence-electron chi connectivity index (χ2n) is 12.3. The lowest BCUT2D eigenvalue weighted by Crippen LogP contribution is -2.54. The fourth-order valence-electron chi connectivity index (χ4n) is 6.28. The molecule has 8 nitrogen and oxygen atoms in total. The van der Waals surface area contributed by atoms with E-state index < -0.39 is 5.54 Å². The smallest absolute Gasteiger partial charge is 0.261 e. The number of amides is 4. The van der Waals surface area contributed by atoms with E-state index in [1.807, 2.05) is 76.5 Å². The molecule has 220 valence electrons. The minimum absolute atomic E-state index is 0.246. The van der Waals surface area contributed by atoms with Crippen LogP contribution in [0, 0.1) is 0 Å². The number of carbonyl (C=O) groups excluding carboxylic acids is 4. The highest BCUT2D eigenvalue weighted by atomic mass is 16.2. The van der Waals surface area contributed by atoms with Crippen molar-refractivity contribution in [1.29, 1.82) is 0 Å². The van der Waals surface area contributed by atoms with Crippen LogP contribution < -0.4 is 0 Å². The van der Waals surface area contributed by atoms with Gasteiger partial charge in [-0.2, -0.15) is 0 Å². The van der Waals surface area contributed by atoms with Crippen LogP contribution in [0.1, 0.15) is 61.7 Å². The molecular weight excluding hydrogens is 540 g/mol. The van der Waals surface area contributed by atoms with E-state index in [0.717, 1.165) is 41.1 Å². The zero-order chi connectivity index (χ0) is 30.5. The van der Waals surface area contributed by atoms with Gasteiger partial charge in [-0.05, 0) is 82.5 Å². The molecule has 2 aliphatic heterocycles. The van der Waals surface area contributed by atoms with Crippen LogP contribution in [-0.2, 0) is 0 Å². The lowest BCUT2D eigenvalue weighted by molar-refractivity contribution is 0.0469. The Morgan fingerprint density at radius 1 is 0.581 bits per heavy atom. The highest BCUT2D eigenvalue weighted by molar-refractivity contribution is 6.26. The summed E-state index contributed by atoms with van der Waals surface area (Å²) in [6.07, 6.45) is 0.838. The maximum Gasteiger partial charge on any atom is 0.261 e. The summed E-state index contributed by atoms with van der Waals surface area (Å²) in [7, 11) is 4.00. The molecule has 8 heteroatoms. The summed E-state index contributed by atoms with van der Waals surface area (Å²) in [5.41, 5.74) is 1.83. The first-order valence-electron chi connectivity index (χ1n) is 14.7. The summed E-state index contributed by atoms with van der Waals surface area (Å²) in [6, 6.07) is 22.3. The van der Waals surface area contributed by atoms with Gasteiger partial charge in [-0.15, -0.1) is 0 Å². The molecular formula is C35H36N4O4. The van der Waals surface area contributed by atoms with Gasteiger partial charge < -0.3 is 4.90 Å². The van der Waals surface area contributed by atoms with Crippen molar-refractivity contribution in [3.63, 3.8) is 0 Å². The first-order chi connectivity index (χ1) is 20.6. The Morgan fingerprint density at radius 2 is 1.00 bits per heavy atom. The van der Waals surface area contributed by atoms with E-state index in [9.17, 15) is 19.2 Å². The van der Waals surface area contributed by atoms with Crippen LogP contribution in [0.25, 0.3) is 21.5 Å². The van der Waals surface area contributed by atoms with Crippen LogP contribution in [0.3, 0.4) is 0 Å². The molecule has 2 aliphatic rings. The van der Waals surface area contributed by atoms with E-state index in [-0.39, 0.29) is 30.2 Å². The summed E-state index contributed by atoms with van der Waals surface area (Å²) in [6.45, 7) is 6.75. The third-order valence-electron chi connectivity index (χ3n) is 9.03. The predicted octanol–water partition coefficient (Wildman–Crippen LogP) is 4.92. The molecule has 6 rings (SSSR count). The van der Waals surface area contributed by atoms with E-state index in [4.69, 9.17) is 0 Å². The molecule has 0 unspecified atom stereocenters. The normalized spacial score (nSPS) is 15.1. The van der Waals surface area contributed by atoms with Gasteiger partial charge in [0, 0.05) is 58.2 Å². The van der Waals surface area contributed by atoms with E-state index in [0.29, 0.717) is 35.3 Å². The summed E-state index contributed by atoms with van der Waals surface area (Å²) in [4.78, 5) is 60.3. The Bertz CT molecular complexity index is 1690. The molecule has 43 heavy (non-hydrogen) atoms. The summed E-state index contributed by atoms with van der Waals surface area (Å²) in [5.74, 6) is -0.998. The van der Waals surface area contributed by atoms with E-state index in [1.54, 1.807) is 24.3 Å². The number of nitrogens with zero attached hydrogens (tertiary/aromatic N) is 4. The lowest BCUT2D eigenvalue weighted by Gasteiger charge is -2.40. The van der Waals surface area contributed by atoms with Crippen molar-refractivity contribution in [3.05, 3.63) is 95.1 Å². The van der Waals surface area contributed by atoms with Gasteiger partial charge in [-0.3, -0.25) is 33.9 Å². The van der Waals surface area contributed by atoms with Crippen molar-refractivity contribution < 1.29 is 19.2 Å². The molecule has 0 N–H and O–H groups in total. The van der Waals surface area contributed by atoms with Crippen LogP contribution in [0.5, 0.6) is 0 Å². The topological polar surface area (TPSA) is 81.2 Å². The minimum atomic E-state index is -0.453. The summed E-state index contributed by atoms with van der Waals surface area (Å²) in [5, 5.41) is 3.27. The van der Waals surface area contributed by atoms with Crippen LogP contribution in [0.4, 0.5) is 0 Å². The molecule has 0 atom stereocenters. The first kappa shape index (κ1) is 28.7. The molecule has 0 saturated carbocycles. The zero-order valence-corrected chi connectivity index (χ0v) is 25.1. The molecule has 0 spiro atoms. The Kier molecular flexibility index (Phi) is 7.36. The summed E-state index contributed by atoms with van der Waals surface area (Å²) >= 11 is 0. The van der Waals surface area contributed by atoms with Crippen molar-refractivity contribution in [3.8, 4) is 0 Å². The Hall–Kier alpha value is -4.40. The number of hydrogen-bond donors (Lipinski definition) is 0. The Balaban J connectivity index is 1.03. The van der Waals surface area contributed by atoms with Crippen molar-refractivity contribution in [2.75, 3.05) is 46.8 Å². The van der Waals surface area contributed by atoms with Gasteiger partial charge in [-0.25, -0.2) is 0 Å². The van der Waals surface area contributed by atoms with Crippen LogP contribution in [-0.4, -0.2) is 95.6 Å². The molecule has 0 aromatic heterocycles. The fourth-order valence-corrected chi connectivity index (χ4v) is 6.28. The monoisotopic (exact) mass is 576 g/mol. The number of hydrogen-bond acceptors (Lipinski definition) is 6. The zero-order valence-electron chi connectivity index (χ0n) is 25.1. The van der Waals surface area contributed by atoms with E-state index in [2.05, 4.69) is 9.80 Å². The van der Waals surface area contributed by atoms with Gasteiger partial charge >= 0.3 is 0 Å². The molecule has 4 aromatic rings. The molecule has 0 bridgehead atoms. The lowest BCUT2D eigenvalue weighted by atomic mass is 9.92. The van der Waals surface area contributed by atoms with E-state index in [1.165, 1.54) is 9.80 Å². The summed E-state index contributed by atoms with van der Waals surface area (Å²) < 4.78 is 0. The largest absolute Gasteiger partial charge is 0.305 e. The average molecular weight is 577 g/mol. The van der Waals surface area contributed by atoms with Gasteiger partial charge in [0.25, 0.3) is 23.6 Å². The van der Waals surface area contributed by atoms with Crippen LogP contribution in [0.15, 0.2) is 72.8 Å². The second kappa shape index (κ2) is 11.0. The second-order valence-corrected chi connectivity index (χ2v) is 12.3. The van der Waals surface area contributed by atoms with Gasteiger partial charge in [-0.1, -0.05) is 48.5 Å². The van der Waals surface area contributed by atoms with Gasteiger partial charge in [0.05, 0.1) is 0 Å². The predicted molar refractivity (Wildman–Crippen MR) is 167 cm³/mol. The van der Waals surface area contributed by atoms with Gasteiger partial charge in [0.2, 0.25) is 0 Å². The number of imide groups is 2. The standard InChI is InChI=1S/C35H36N4O4/c1-35(2,22-39-33(42)27-16-7-12-24-13-8-17-28(30(24)27)34(39)43)37(4)19-9-18-36(3)20-21-38-31(40)25-14-5-10-23-11-6-15-26(29(23)25)32(38)41/h5-8,10-17H,9,18-22H2,1-4H3. The maximum absolute atomic E-state index is 13.4. The molecule has 4 aromatic carbocycles. The van der Waals surface area contributed by atoms with Crippen LogP contribution >= 0.6 is 0 Å². The molecule has 0 radical (unpaired) electrons. The van der Waals surface area contributed by atoms with Crippen molar-refractivity contribution in [2.45, 2.75) is 25.8 Å². The quantitative estimate of drug-likeness (QED) is 0.250. The van der Waals surface area contributed by atoms with Gasteiger partial charge in [0.1, 0.15) is 0 Å². The average Bonchev–Trinajstić information content (AvgIpc) is 3.00. The number of benzene rings is 4. The Labute approximate surface area is 251 Å². The number of carbonyl (C=O) groups is 4. The third kappa shape index (κ3) is 5.00. The SMILES string of the molecule is CN(CCCN(C)C(C)(C)CN1C(=O)c2cccc3cccc(c23)C1=O)CCN1C(=O)c2cccc3cccc(c23)C1=O. The first-order valence-corrected chi connectivity index (χ1v) is 14.7. The van der Waals surface area contributed by atoms with Crippen LogP contribution in [0.2, 0.25) is 0 Å². The van der Waals surface area contributed by atoms with Crippen molar-refractivity contribution in [1.82, 2.24) is 19.6 Å². The van der Waals surface area contributed by atoms with Gasteiger partial charge in [0.15, 0.2) is 0 Å². The maximum atomic E-state index is 13.4. The highest BCUT2D eigenvalue weighted by Crippen LogP contribution is 2.32. The molecule has 0 saturated heterocycles. The molecule has 2 heterocycles. The third-order valence-corrected chi connectivity index (χ3v) is 9.03. The van der Waals surface area contributed by atoms with Crippen molar-refractivity contribution in [2.24, 2.45) is 0 Å². The number of rotatable bonds is 10.